The van der Waals surface area contributed by atoms with E-state index < -0.39 is 17.4 Å². The van der Waals surface area contributed by atoms with E-state index in [0.717, 1.165) is 11.3 Å². The number of methoxy groups -OCH3 is 1. The Hall–Kier alpha value is -2.04. The van der Waals surface area contributed by atoms with Crippen molar-refractivity contribution in [1.82, 2.24) is 5.32 Å². The maximum Gasteiger partial charge on any atom is 0.326 e. The number of amides is 1. The van der Waals surface area contributed by atoms with Gasteiger partial charge in [0.1, 0.15) is 11.8 Å². The van der Waals surface area contributed by atoms with Crippen molar-refractivity contribution in [2.45, 2.75) is 39.7 Å². The van der Waals surface area contributed by atoms with Crippen molar-refractivity contribution in [2.75, 3.05) is 7.11 Å². The minimum absolute atomic E-state index is 0.275. The molecule has 1 aromatic carbocycles. The highest BCUT2D eigenvalue weighted by Crippen LogP contribution is 2.28. The van der Waals surface area contributed by atoms with E-state index in [1.54, 1.807) is 27.9 Å². The van der Waals surface area contributed by atoms with Gasteiger partial charge in [0, 0.05) is 5.41 Å². The van der Waals surface area contributed by atoms with E-state index >= 15 is 0 Å². The summed E-state index contributed by atoms with van der Waals surface area (Å²) >= 11 is 0. The fraction of sp³-hybridized carbons (Fsp3) is 0.500. The van der Waals surface area contributed by atoms with E-state index in [0.29, 0.717) is 12.8 Å². The highest BCUT2D eigenvalue weighted by Gasteiger charge is 2.31. The third-order valence-corrected chi connectivity index (χ3v) is 3.45. The molecule has 1 aromatic rings. The lowest BCUT2D eigenvalue weighted by Gasteiger charge is -2.26. The van der Waals surface area contributed by atoms with Crippen molar-refractivity contribution in [3.8, 4) is 5.75 Å². The number of benzene rings is 1. The van der Waals surface area contributed by atoms with Crippen LogP contribution in [-0.2, 0) is 16.0 Å². The SMILES string of the molecule is CCC(NC(=O)C(C)(C)Cc1ccccc1OC)C(=O)O. The summed E-state index contributed by atoms with van der Waals surface area (Å²) in [7, 11) is 1.59. The maximum absolute atomic E-state index is 12.3. The normalized spacial score (nSPS) is 12.6. The van der Waals surface area contributed by atoms with Gasteiger partial charge in [-0.1, -0.05) is 39.0 Å². The molecule has 0 bridgehead atoms. The molecule has 5 heteroatoms. The van der Waals surface area contributed by atoms with E-state index in [1.165, 1.54) is 0 Å². The molecule has 0 aromatic heterocycles. The summed E-state index contributed by atoms with van der Waals surface area (Å²) < 4.78 is 5.29. The number of para-hydroxylation sites is 1. The van der Waals surface area contributed by atoms with Crippen LogP contribution in [0.3, 0.4) is 0 Å². The number of carbonyl (C=O) groups is 2. The zero-order chi connectivity index (χ0) is 16.0. The summed E-state index contributed by atoms with van der Waals surface area (Å²) in [6.45, 7) is 5.32. The van der Waals surface area contributed by atoms with Gasteiger partial charge in [-0.25, -0.2) is 4.79 Å². The molecule has 1 rings (SSSR count). The fourth-order valence-corrected chi connectivity index (χ4v) is 2.10. The van der Waals surface area contributed by atoms with Gasteiger partial charge in [0.15, 0.2) is 0 Å². The molecule has 0 heterocycles. The minimum atomic E-state index is -1.01. The predicted octanol–water partition coefficient (Wildman–Crippen LogP) is 2.24. The van der Waals surface area contributed by atoms with Gasteiger partial charge in [0.05, 0.1) is 7.11 Å². The second-order valence-corrected chi connectivity index (χ2v) is 5.65. The van der Waals surface area contributed by atoms with Gasteiger partial charge in [0.25, 0.3) is 0 Å². The van der Waals surface area contributed by atoms with Gasteiger partial charge in [-0.3, -0.25) is 4.79 Å². The second kappa shape index (κ2) is 7.11. The first kappa shape index (κ1) is 17.0. The highest BCUT2D eigenvalue weighted by atomic mass is 16.5. The molecule has 2 N–H and O–H groups in total. The Balaban J connectivity index is 2.85. The molecule has 0 radical (unpaired) electrons. The molecule has 116 valence electrons. The van der Waals surface area contributed by atoms with Crippen LogP contribution in [0.25, 0.3) is 0 Å². The predicted molar refractivity (Wildman–Crippen MR) is 80.3 cm³/mol. The number of nitrogens with one attached hydrogen (secondary N) is 1. The molecule has 0 fully saturated rings. The smallest absolute Gasteiger partial charge is 0.326 e. The molecule has 0 aliphatic carbocycles. The quantitative estimate of drug-likeness (QED) is 0.808. The lowest BCUT2D eigenvalue weighted by atomic mass is 9.84. The Kier molecular flexibility index (Phi) is 5.76. The molecule has 0 saturated carbocycles. The molecule has 0 aliphatic rings. The third kappa shape index (κ3) is 4.48. The average Bonchev–Trinajstić information content (AvgIpc) is 2.44. The average molecular weight is 293 g/mol. The molecular weight excluding hydrogens is 270 g/mol. The Morgan fingerprint density at radius 2 is 1.95 bits per heavy atom. The number of carboxylic acids is 1. The molecular formula is C16H23NO4. The minimum Gasteiger partial charge on any atom is -0.496 e. The molecule has 21 heavy (non-hydrogen) atoms. The van der Waals surface area contributed by atoms with Gasteiger partial charge in [-0.05, 0) is 24.5 Å². The van der Waals surface area contributed by atoms with Gasteiger partial charge in [-0.15, -0.1) is 0 Å². The highest BCUT2D eigenvalue weighted by molar-refractivity contribution is 5.87. The zero-order valence-electron chi connectivity index (χ0n) is 13.0. The molecule has 1 atom stereocenters. The molecule has 0 spiro atoms. The summed E-state index contributed by atoms with van der Waals surface area (Å²) in [5.74, 6) is -0.565. The number of carboxylic acid groups (broad SMARTS) is 1. The van der Waals surface area contributed by atoms with Crippen LogP contribution in [0.2, 0.25) is 0 Å². The lowest BCUT2D eigenvalue weighted by molar-refractivity contribution is -0.143. The van der Waals surface area contributed by atoms with Crippen LogP contribution < -0.4 is 10.1 Å². The first-order valence-electron chi connectivity index (χ1n) is 6.97. The Morgan fingerprint density at radius 1 is 1.33 bits per heavy atom. The number of ether oxygens (including phenoxy) is 1. The molecule has 5 nitrogen and oxygen atoms in total. The van der Waals surface area contributed by atoms with E-state index in [2.05, 4.69) is 5.32 Å². The topological polar surface area (TPSA) is 75.6 Å². The van der Waals surface area contributed by atoms with Crippen LogP contribution in [-0.4, -0.2) is 30.1 Å². The van der Waals surface area contributed by atoms with Crippen LogP contribution in [0, 0.1) is 5.41 Å². The van der Waals surface area contributed by atoms with E-state index in [4.69, 9.17) is 9.84 Å². The van der Waals surface area contributed by atoms with Crippen LogP contribution in [0.15, 0.2) is 24.3 Å². The first-order valence-corrected chi connectivity index (χ1v) is 6.97. The van der Waals surface area contributed by atoms with E-state index in [-0.39, 0.29) is 5.91 Å². The largest absolute Gasteiger partial charge is 0.496 e. The lowest BCUT2D eigenvalue weighted by Crippen LogP contribution is -2.47. The van der Waals surface area contributed by atoms with Crippen LogP contribution in [0.1, 0.15) is 32.8 Å². The number of rotatable bonds is 7. The van der Waals surface area contributed by atoms with Crippen molar-refractivity contribution < 1.29 is 19.4 Å². The molecule has 0 saturated heterocycles. The van der Waals surface area contributed by atoms with Gasteiger partial charge < -0.3 is 15.2 Å². The Morgan fingerprint density at radius 3 is 2.48 bits per heavy atom. The van der Waals surface area contributed by atoms with Crippen LogP contribution >= 0.6 is 0 Å². The summed E-state index contributed by atoms with van der Waals surface area (Å²) in [5.41, 5.74) is 0.195. The zero-order valence-corrected chi connectivity index (χ0v) is 13.0. The number of hydrogen-bond acceptors (Lipinski definition) is 3. The Labute approximate surface area is 125 Å². The van der Waals surface area contributed by atoms with Crippen molar-refractivity contribution in [3.05, 3.63) is 29.8 Å². The number of hydrogen-bond donors (Lipinski definition) is 2. The van der Waals surface area contributed by atoms with Crippen molar-refractivity contribution in [3.63, 3.8) is 0 Å². The summed E-state index contributed by atoms with van der Waals surface area (Å²) in [4.78, 5) is 23.3. The van der Waals surface area contributed by atoms with E-state index in [1.807, 2.05) is 24.3 Å². The van der Waals surface area contributed by atoms with E-state index in [9.17, 15) is 9.59 Å². The maximum atomic E-state index is 12.3. The molecule has 1 amide bonds. The summed E-state index contributed by atoms with van der Waals surface area (Å²) in [6, 6.07) is 6.65. The standard InChI is InChI=1S/C16H23NO4/c1-5-12(14(18)19)17-15(20)16(2,3)10-11-8-6-7-9-13(11)21-4/h6-9,12H,5,10H2,1-4H3,(H,17,20)(H,18,19). The van der Waals surface area contributed by atoms with Crippen LogP contribution in [0.4, 0.5) is 0 Å². The van der Waals surface area contributed by atoms with Crippen molar-refractivity contribution in [1.29, 1.82) is 0 Å². The summed E-state index contributed by atoms with van der Waals surface area (Å²) in [6.07, 6.45) is 0.824. The fourth-order valence-electron chi connectivity index (χ4n) is 2.10. The number of carbonyl (C=O) groups excluding carboxylic acids is 1. The van der Waals surface area contributed by atoms with Crippen molar-refractivity contribution in [2.24, 2.45) is 5.41 Å². The van der Waals surface area contributed by atoms with Gasteiger partial charge in [0.2, 0.25) is 5.91 Å². The summed E-state index contributed by atoms with van der Waals surface area (Å²) in [5, 5.41) is 11.6. The molecule has 1 unspecified atom stereocenters. The van der Waals surface area contributed by atoms with Gasteiger partial charge >= 0.3 is 5.97 Å². The Bertz CT molecular complexity index is 511. The second-order valence-electron chi connectivity index (χ2n) is 5.65. The van der Waals surface area contributed by atoms with Gasteiger partial charge in [-0.2, -0.15) is 0 Å². The molecule has 0 aliphatic heterocycles. The van der Waals surface area contributed by atoms with Crippen LogP contribution in [0.5, 0.6) is 5.75 Å². The third-order valence-electron chi connectivity index (χ3n) is 3.45. The monoisotopic (exact) mass is 293 g/mol. The first-order chi connectivity index (χ1) is 9.81. The van der Waals surface area contributed by atoms with Crippen molar-refractivity contribution >= 4 is 11.9 Å². The number of aliphatic carboxylic acids is 1.